The minimum Gasteiger partial charge on any atom is -0.357 e. The normalized spacial score (nSPS) is 10.8. The maximum atomic E-state index is 5.76. The van der Waals surface area contributed by atoms with E-state index in [-0.39, 0.29) is 0 Å². The standard InChI is InChI=1S/C13H15ClN2S/c1-9(2)11-5-3-10(4-6-11)7-15-13-16-12(14)8-17-13/h3-6,8-9H,7H2,1-2H3,(H,15,16). The molecular formula is C13H15ClN2S. The molecule has 0 fully saturated rings. The summed E-state index contributed by atoms with van der Waals surface area (Å²) in [4.78, 5) is 4.14. The average Bonchev–Trinajstić information content (AvgIpc) is 2.73. The second kappa shape index (κ2) is 5.52. The van der Waals surface area contributed by atoms with Crippen LogP contribution in [0.5, 0.6) is 0 Å². The van der Waals surface area contributed by atoms with E-state index in [1.165, 1.54) is 22.5 Å². The summed E-state index contributed by atoms with van der Waals surface area (Å²) in [7, 11) is 0. The van der Waals surface area contributed by atoms with Gasteiger partial charge in [0.1, 0.15) is 5.15 Å². The number of nitrogens with zero attached hydrogens (tertiary/aromatic N) is 1. The van der Waals surface area contributed by atoms with E-state index in [0.717, 1.165) is 11.7 Å². The molecular weight excluding hydrogens is 252 g/mol. The van der Waals surface area contributed by atoms with Gasteiger partial charge in [0.15, 0.2) is 5.13 Å². The van der Waals surface area contributed by atoms with Crippen molar-refractivity contribution in [3.05, 3.63) is 45.9 Å². The number of hydrogen-bond acceptors (Lipinski definition) is 3. The molecule has 4 heteroatoms. The van der Waals surface area contributed by atoms with Gasteiger partial charge in [-0.15, -0.1) is 11.3 Å². The summed E-state index contributed by atoms with van der Waals surface area (Å²) >= 11 is 7.28. The molecule has 1 aromatic heterocycles. The molecule has 2 rings (SSSR count). The highest BCUT2D eigenvalue weighted by Gasteiger charge is 2.01. The molecule has 17 heavy (non-hydrogen) atoms. The lowest BCUT2D eigenvalue weighted by Gasteiger charge is -2.07. The van der Waals surface area contributed by atoms with Crippen molar-refractivity contribution >= 4 is 28.1 Å². The van der Waals surface area contributed by atoms with Gasteiger partial charge in [-0.2, -0.15) is 0 Å². The molecule has 90 valence electrons. The van der Waals surface area contributed by atoms with E-state index >= 15 is 0 Å². The van der Waals surface area contributed by atoms with Gasteiger partial charge in [0.05, 0.1) is 0 Å². The fourth-order valence-electron chi connectivity index (χ4n) is 1.53. The highest BCUT2D eigenvalue weighted by Crippen LogP contribution is 2.20. The monoisotopic (exact) mass is 266 g/mol. The molecule has 0 saturated carbocycles. The maximum Gasteiger partial charge on any atom is 0.184 e. The van der Waals surface area contributed by atoms with Gasteiger partial charge in [-0.1, -0.05) is 49.7 Å². The van der Waals surface area contributed by atoms with E-state index in [1.807, 2.05) is 5.38 Å². The lowest BCUT2D eigenvalue weighted by Crippen LogP contribution is -1.99. The Kier molecular flexibility index (Phi) is 4.02. The predicted molar refractivity (Wildman–Crippen MR) is 75.0 cm³/mol. The molecule has 1 aromatic carbocycles. The Balaban J connectivity index is 1.95. The van der Waals surface area contributed by atoms with Crippen LogP contribution in [0.3, 0.4) is 0 Å². The van der Waals surface area contributed by atoms with Gasteiger partial charge < -0.3 is 5.32 Å². The van der Waals surface area contributed by atoms with E-state index < -0.39 is 0 Å². The molecule has 0 saturated heterocycles. The number of rotatable bonds is 4. The number of halogens is 1. The Labute approximate surface area is 111 Å². The van der Waals surface area contributed by atoms with Gasteiger partial charge in [0, 0.05) is 11.9 Å². The molecule has 0 atom stereocenters. The molecule has 0 aliphatic heterocycles. The van der Waals surface area contributed by atoms with Crippen LogP contribution in [0.25, 0.3) is 0 Å². The fraction of sp³-hybridized carbons (Fsp3) is 0.308. The minimum absolute atomic E-state index is 0.549. The summed E-state index contributed by atoms with van der Waals surface area (Å²) in [6, 6.07) is 8.65. The third-order valence-corrected chi connectivity index (χ3v) is 3.69. The third kappa shape index (κ3) is 3.45. The van der Waals surface area contributed by atoms with Crippen LogP contribution >= 0.6 is 22.9 Å². The summed E-state index contributed by atoms with van der Waals surface area (Å²) in [5.41, 5.74) is 2.62. The molecule has 0 aliphatic rings. The Hall–Kier alpha value is -1.06. The van der Waals surface area contributed by atoms with E-state index in [1.54, 1.807) is 0 Å². The molecule has 0 amide bonds. The van der Waals surface area contributed by atoms with Crippen molar-refractivity contribution in [2.45, 2.75) is 26.3 Å². The molecule has 0 radical (unpaired) electrons. The Morgan fingerprint density at radius 1 is 1.29 bits per heavy atom. The van der Waals surface area contributed by atoms with E-state index in [4.69, 9.17) is 11.6 Å². The molecule has 0 aliphatic carbocycles. The van der Waals surface area contributed by atoms with Gasteiger partial charge in [-0.3, -0.25) is 0 Å². The van der Waals surface area contributed by atoms with Crippen molar-refractivity contribution in [2.75, 3.05) is 5.32 Å². The molecule has 0 spiro atoms. The second-order valence-electron chi connectivity index (χ2n) is 4.23. The van der Waals surface area contributed by atoms with Gasteiger partial charge in [0.25, 0.3) is 0 Å². The summed E-state index contributed by atoms with van der Waals surface area (Å²) in [6.07, 6.45) is 0. The topological polar surface area (TPSA) is 24.9 Å². The van der Waals surface area contributed by atoms with Crippen LogP contribution < -0.4 is 5.32 Å². The first-order chi connectivity index (χ1) is 8.15. The first-order valence-corrected chi connectivity index (χ1v) is 6.84. The largest absolute Gasteiger partial charge is 0.357 e. The summed E-state index contributed by atoms with van der Waals surface area (Å²) in [5, 5.41) is 6.49. The second-order valence-corrected chi connectivity index (χ2v) is 5.47. The molecule has 2 nitrogen and oxygen atoms in total. The van der Waals surface area contributed by atoms with Crippen LogP contribution in [0.1, 0.15) is 30.9 Å². The Morgan fingerprint density at radius 2 is 2.00 bits per heavy atom. The van der Waals surface area contributed by atoms with Crippen molar-refractivity contribution in [1.82, 2.24) is 4.98 Å². The van der Waals surface area contributed by atoms with E-state index in [2.05, 4.69) is 48.4 Å². The first-order valence-electron chi connectivity index (χ1n) is 5.59. The zero-order valence-corrected chi connectivity index (χ0v) is 11.5. The summed E-state index contributed by atoms with van der Waals surface area (Å²) in [6.45, 7) is 5.18. The van der Waals surface area contributed by atoms with Crippen LogP contribution in [-0.2, 0) is 6.54 Å². The first kappa shape index (κ1) is 12.4. The van der Waals surface area contributed by atoms with Crippen molar-refractivity contribution in [3.8, 4) is 0 Å². The Morgan fingerprint density at radius 3 is 2.53 bits per heavy atom. The summed E-state index contributed by atoms with van der Waals surface area (Å²) in [5.74, 6) is 0.578. The number of benzene rings is 1. The summed E-state index contributed by atoms with van der Waals surface area (Å²) < 4.78 is 0. The predicted octanol–water partition coefficient (Wildman–Crippen LogP) is 4.53. The molecule has 2 aromatic rings. The van der Waals surface area contributed by atoms with Gasteiger partial charge in [-0.25, -0.2) is 4.98 Å². The zero-order valence-electron chi connectivity index (χ0n) is 9.90. The van der Waals surface area contributed by atoms with Crippen molar-refractivity contribution in [3.63, 3.8) is 0 Å². The molecule has 1 heterocycles. The average molecular weight is 267 g/mol. The van der Waals surface area contributed by atoms with Crippen LogP contribution in [0.15, 0.2) is 29.6 Å². The van der Waals surface area contributed by atoms with Crippen LogP contribution in [-0.4, -0.2) is 4.98 Å². The number of hydrogen-bond donors (Lipinski definition) is 1. The number of thiazole rings is 1. The number of nitrogens with one attached hydrogen (secondary N) is 1. The zero-order chi connectivity index (χ0) is 12.3. The lowest BCUT2D eigenvalue weighted by atomic mass is 10.0. The highest BCUT2D eigenvalue weighted by atomic mass is 35.5. The van der Waals surface area contributed by atoms with E-state index in [9.17, 15) is 0 Å². The maximum absolute atomic E-state index is 5.76. The van der Waals surface area contributed by atoms with Gasteiger partial charge >= 0.3 is 0 Å². The van der Waals surface area contributed by atoms with Gasteiger partial charge in [-0.05, 0) is 17.0 Å². The van der Waals surface area contributed by atoms with Crippen molar-refractivity contribution in [1.29, 1.82) is 0 Å². The third-order valence-electron chi connectivity index (χ3n) is 2.57. The number of aromatic nitrogens is 1. The highest BCUT2D eigenvalue weighted by molar-refractivity contribution is 7.14. The SMILES string of the molecule is CC(C)c1ccc(CNc2nc(Cl)cs2)cc1. The molecule has 0 unspecified atom stereocenters. The van der Waals surface area contributed by atoms with Crippen LogP contribution in [0.2, 0.25) is 5.15 Å². The minimum atomic E-state index is 0.549. The fourth-order valence-corrected chi connectivity index (χ4v) is 2.37. The van der Waals surface area contributed by atoms with Crippen LogP contribution in [0, 0.1) is 0 Å². The smallest absolute Gasteiger partial charge is 0.184 e. The Bertz CT molecular complexity index is 476. The van der Waals surface area contributed by atoms with Crippen LogP contribution in [0.4, 0.5) is 5.13 Å². The lowest BCUT2D eigenvalue weighted by molar-refractivity contribution is 0.865. The van der Waals surface area contributed by atoms with Crippen molar-refractivity contribution in [2.24, 2.45) is 0 Å². The van der Waals surface area contributed by atoms with E-state index in [0.29, 0.717) is 11.1 Å². The molecule has 0 bridgehead atoms. The number of anilines is 1. The van der Waals surface area contributed by atoms with Crippen molar-refractivity contribution < 1.29 is 0 Å². The van der Waals surface area contributed by atoms with Gasteiger partial charge in [0.2, 0.25) is 0 Å². The molecule has 1 N–H and O–H groups in total. The quantitative estimate of drug-likeness (QED) is 0.879.